The molecule has 0 saturated heterocycles. The van der Waals surface area contributed by atoms with Crippen molar-refractivity contribution in [2.45, 2.75) is 65.9 Å². The van der Waals surface area contributed by atoms with Crippen LogP contribution >= 0.6 is 0 Å². The highest BCUT2D eigenvalue weighted by Gasteiger charge is 2.36. The van der Waals surface area contributed by atoms with Crippen LogP contribution in [0.5, 0.6) is 0 Å². The molecule has 0 amide bonds. The van der Waals surface area contributed by atoms with E-state index >= 15 is 0 Å². The van der Waals surface area contributed by atoms with Gasteiger partial charge >= 0.3 is 0 Å². The summed E-state index contributed by atoms with van der Waals surface area (Å²) in [7, 11) is -3.03. The molecule has 0 spiro atoms. The molecule has 0 fully saturated rings. The van der Waals surface area contributed by atoms with Crippen LogP contribution in [0.2, 0.25) is 0 Å². The number of hydrogen-bond acceptors (Lipinski definition) is 2. The van der Waals surface area contributed by atoms with Gasteiger partial charge in [0.05, 0.1) is 10.5 Å². The van der Waals surface area contributed by atoms with Gasteiger partial charge in [-0.1, -0.05) is 41.5 Å². The van der Waals surface area contributed by atoms with Gasteiger partial charge in [-0.25, -0.2) is 8.42 Å². The Balaban J connectivity index is 5.02. The maximum absolute atomic E-state index is 12.5. The first-order valence-corrected chi connectivity index (χ1v) is 8.37. The predicted molar refractivity (Wildman–Crippen MR) is 75.8 cm³/mol. The van der Waals surface area contributed by atoms with Gasteiger partial charge in [0, 0.05) is 0 Å². The van der Waals surface area contributed by atoms with Crippen LogP contribution in [-0.4, -0.2) is 18.9 Å². The van der Waals surface area contributed by atoms with Gasteiger partial charge in [0.25, 0.3) is 0 Å². The molecule has 17 heavy (non-hydrogen) atoms. The molecule has 4 unspecified atom stereocenters. The Morgan fingerprint density at radius 3 is 1.00 bits per heavy atom. The molecule has 0 rings (SSSR count). The fraction of sp³-hybridized carbons (Fsp3) is 1.00. The molecule has 0 bridgehead atoms. The summed E-state index contributed by atoms with van der Waals surface area (Å²) in [5, 5.41) is -0.502. The van der Waals surface area contributed by atoms with Crippen LogP contribution in [0.25, 0.3) is 0 Å². The van der Waals surface area contributed by atoms with Crippen LogP contribution in [0, 0.1) is 23.7 Å². The first-order valence-electron chi connectivity index (χ1n) is 6.76. The summed E-state index contributed by atoms with van der Waals surface area (Å²) in [5.74, 6) is 1.23. The lowest BCUT2D eigenvalue weighted by molar-refractivity contribution is 0.376. The van der Waals surface area contributed by atoms with Gasteiger partial charge < -0.3 is 0 Å². The summed E-state index contributed by atoms with van der Waals surface area (Å²) in [6.07, 6.45) is 0. The Labute approximate surface area is 108 Å². The van der Waals surface area contributed by atoms with E-state index in [1.54, 1.807) is 0 Å². The van der Waals surface area contributed by atoms with Crippen molar-refractivity contribution >= 4 is 9.84 Å². The molecule has 0 saturated carbocycles. The van der Waals surface area contributed by atoms with Gasteiger partial charge in [0.1, 0.15) is 0 Å². The summed E-state index contributed by atoms with van der Waals surface area (Å²) < 4.78 is 25.0. The molecular weight excluding hydrogens is 232 g/mol. The van der Waals surface area contributed by atoms with E-state index in [0.717, 1.165) is 0 Å². The summed E-state index contributed by atoms with van der Waals surface area (Å²) in [4.78, 5) is 0. The second kappa shape index (κ2) is 6.21. The van der Waals surface area contributed by atoms with E-state index in [4.69, 9.17) is 0 Å². The van der Waals surface area contributed by atoms with Crippen LogP contribution in [0.3, 0.4) is 0 Å². The number of hydrogen-bond donors (Lipinski definition) is 0. The second-order valence-corrected chi connectivity index (χ2v) is 8.87. The molecule has 0 radical (unpaired) electrons. The minimum absolute atomic E-state index is 0.210. The average Bonchev–Trinajstić information content (AvgIpc) is 2.24. The quantitative estimate of drug-likeness (QED) is 0.730. The van der Waals surface area contributed by atoms with Gasteiger partial charge in [-0.3, -0.25) is 0 Å². The molecule has 0 aliphatic carbocycles. The van der Waals surface area contributed by atoms with Gasteiger partial charge in [0.2, 0.25) is 0 Å². The molecule has 0 N–H and O–H groups in total. The monoisotopic (exact) mass is 262 g/mol. The highest BCUT2D eigenvalue weighted by atomic mass is 32.2. The van der Waals surface area contributed by atoms with E-state index in [0.29, 0.717) is 11.8 Å². The molecule has 0 aromatic rings. The predicted octanol–water partition coefficient (Wildman–Crippen LogP) is 3.76. The van der Waals surface area contributed by atoms with Gasteiger partial charge in [-0.05, 0) is 37.5 Å². The van der Waals surface area contributed by atoms with Crippen molar-refractivity contribution in [3.8, 4) is 0 Å². The first kappa shape index (κ1) is 16.9. The normalized spacial score (nSPS) is 20.4. The molecule has 4 atom stereocenters. The van der Waals surface area contributed by atoms with Crippen molar-refractivity contribution in [1.29, 1.82) is 0 Å². The molecule has 0 aliphatic rings. The van der Waals surface area contributed by atoms with Gasteiger partial charge in [0.15, 0.2) is 9.84 Å². The van der Waals surface area contributed by atoms with Crippen LogP contribution in [0.1, 0.15) is 55.4 Å². The van der Waals surface area contributed by atoms with Crippen LogP contribution in [0.15, 0.2) is 0 Å². The summed E-state index contributed by atoms with van der Waals surface area (Å²) in [5.41, 5.74) is 0. The molecule has 0 aromatic heterocycles. The zero-order valence-electron chi connectivity index (χ0n) is 12.7. The van der Waals surface area contributed by atoms with Crippen molar-refractivity contribution < 1.29 is 8.42 Å². The largest absolute Gasteiger partial charge is 0.228 e. The highest BCUT2D eigenvalue weighted by molar-refractivity contribution is 7.92. The lowest BCUT2D eigenvalue weighted by atomic mass is 9.95. The third-order valence-corrected chi connectivity index (χ3v) is 7.55. The zero-order chi connectivity index (χ0) is 14.0. The smallest absolute Gasteiger partial charge is 0.156 e. The standard InChI is InChI=1S/C14H30O2S/c1-9(2)11(5)13(7)17(15,16)14(8)12(6)10(3)4/h9-14H,1-8H3. The fourth-order valence-corrected chi connectivity index (χ4v) is 4.52. The van der Waals surface area contributed by atoms with E-state index in [-0.39, 0.29) is 22.3 Å². The summed E-state index contributed by atoms with van der Waals surface area (Å²) in [6.45, 7) is 16.2. The first-order chi connectivity index (χ1) is 7.53. The summed E-state index contributed by atoms with van der Waals surface area (Å²) >= 11 is 0. The molecular formula is C14H30O2S. The Bertz CT molecular complexity index is 291. The SMILES string of the molecule is CC(C)C(C)C(C)S(=O)(=O)C(C)C(C)C(C)C. The average molecular weight is 262 g/mol. The third kappa shape index (κ3) is 3.97. The van der Waals surface area contributed by atoms with Crippen molar-refractivity contribution in [3.05, 3.63) is 0 Å². The van der Waals surface area contributed by atoms with E-state index in [1.807, 2.05) is 27.7 Å². The fourth-order valence-electron chi connectivity index (χ4n) is 2.02. The van der Waals surface area contributed by atoms with Crippen LogP contribution in [-0.2, 0) is 9.84 Å². The third-order valence-electron chi connectivity index (χ3n) is 4.62. The molecule has 3 heteroatoms. The molecule has 0 aromatic carbocycles. The maximum Gasteiger partial charge on any atom is 0.156 e. The van der Waals surface area contributed by atoms with E-state index in [9.17, 15) is 8.42 Å². The van der Waals surface area contributed by atoms with E-state index in [1.165, 1.54) is 0 Å². The van der Waals surface area contributed by atoms with Crippen molar-refractivity contribution in [3.63, 3.8) is 0 Å². The molecule has 0 heterocycles. The lowest BCUT2D eigenvalue weighted by Gasteiger charge is -2.30. The van der Waals surface area contributed by atoms with Crippen molar-refractivity contribution in [2.24, 2.45) is 23.7 Å². The van der Waals surface area contributed by atoms with Gasteiger partial charge in [-0.15, -0.1) is 0 Å². The number of sulfone groups is 1. The zero-order valence-corrected chi connectivity index (χ0v) is 13.5. The Hall–Kier alpha value is -0.0500. The second-order valence-electron chi connectivity index (χ2n) is 6.21. The van der Waals surface area contributed by atoms with Crippen molar-refractivity contribution in [2.75, 3.05) is 0 Å². The highest BCUT2D eigenvalue weighted by Crippen LogP contribution is 2.28. The summed E-state index contributed by atoms with van der Waals surface area (Å²) in [6, 6.07) is 0. The van der Waals surface area contributed by atoms with Crippen molar-refractivity contribution in [1.82, 2.24) is 0 Å². The Morgan fingerprint density at radius 1 is 0.588 bits per heavy atom. The topological polar surface area (TPSA) is 34.1 Å². The maximum atomic E-state index is 12.5. The Kier molecular flexibility index (Phi) is 6.20. The number of rotatable bonds is 6. The molecule has 2 nitrogen and oxygen atoms in total. The van der Waals surface area contributed by atoms with Gasteiger partial charge in [-0.2, -0.15) is 0 Å². The Morgan fingerprint density at radius 2 is 0.824 bits per heavy atom. The minimum atomic E-state index is -3.03. The van der Waals surface area contributed by atoms with Crippen LogP contribution < -0.4 is 0 Å². The van der Waals surface area contributed by atoms with E-state index < -0.39 is 9.84 Å². The minimum Gasteiger partial charge on any atom is -0.228 e. The lowest BCUT2D eigenvalue weighted by Crippen LogP contribution is -2.39. The van der Waals surface area contributed by atoms with E-state index in [2.05, 4.69) is 27.7 Å². The molecule has 104 valence electrons. The van der Waals surface area contributed by atoms with Crippen LogP contribution in [0.4, 0.5) is 0 Å². The molecule has 0 aliphatic heterocycles.